The minimum Gasteiger partial charge on any atom is -0.384 e. The molecule has 4 aromatic rings. The number of anilines is 1. The molecule has 9 heteroatoms. The Bertz CT molecular complexity index is 1590. The smallest absolute Gasteiger partial charge is 0.161 e. The lowest BCUT2D eigenvalue weighted by molar-refractivity contribution is 0.425. The molecule has 0 spiro atoms. The van der Waals surface area contributed by atoms with Gasteiger partial charge in [0.1, 0.15) is 11.3 Å². The first-order valence-electron chi connectivity index (χ1n) is 13.6. The molecule has 41 heavy (non-hydrogen) atoms. The van der Waals surface area contributed by atoms with E-state index in [2.05, 4.69) is 43.5 Å². The number of rotatable bonds is 11. The summed E-state index contributed by atoms with van der Waals surface area (Å²) in [6, 6.07) is 8.75. The van der Waals surface area contributed by atoms with Gasteiger partial charge in [0.25, 0.3) is 0 Å². The van der Waals surface area contributed by atoms with Crippen LogP contribution < -0.4 is 5.32 Å². The average molecular weight is 555 g/mol. The van der Waals surface area contributed by atoms with E-state index in [4.69, 9.17) is 9.97 Å². The lowest BCUT2D eigenvalue weighted by Gasteiger charge is -2.13. The Morgan fingerprint density at radius 3 is 2.61 bits per heavy atom. The largest absolute Gasteiger partial charge is 0.384 e. The summed E-state index contributed by atoms with van der Waals surface area (Å²) < 4.78 is 14.7. The highest BCUT2D eigenvalue weighted by atomic mass is 19.1. The molecule has 1 aromatic carbocycles. The number of allylic oxidation sites excluding steroid dienone is 4. The molecule has 0 aliphatic heterocycles. The van der Waals surface area contributed by atoms with Crippen LogP contribution in [0.5, 0.6) is 0 Å². The Balaban J connectivity index is 0.00000226. The van der Waals surface area contributed by atoms with Crippen LogP contribution in [0.1, 0.15) is 43.4 Å². The van der Waals surface area contributed by atoms with E-state index in [1.807, 2.05) is 72.1 Å². The molecule has 214 valence electrons. The summed E-state index contributed by atoms with van der Waals surface area (Å²) in [6.45, 7) is 16.9. The van der Waals surface area contributed by atoms with Crippen molar-refractivity contribution in [3.05, 3.63) is 96.4 Å². The summed E-state index contributed by atoms with van der Waals surface area (Å²) >= 11 is 0. The van der Waals surface area contributed by atoms with Crippen molar-refractivity contribution in [2.24, 2.45) is 4.99 Å². The molecule has 0 saturated carbocycles. The summed E-state index contributed by atoms with van der Waals surface area (Å²) in [5, 5.41) is 10.8. The highest BCUT2D eigenvalue weighted by Crippen LogP contribution is 2.31. The fourth-order valence-corrected chi connectivity index (χ4v) is 4.18. The molecule has 0 saturated heterocycles. The van der Waals surface area contributed by atoms with E-state index in [0.29, 0.717) is 40.5 Å². The number of hydrogen-bond acceptors (Lipinski definition) is 6. The third-order valence-electron chi connectivity index (χ3n) is 6.08. The molecule has 4 rings (SSSR count). The van der Waals surface area contributed by atoms with Crippen LogP contribution in [0, 0.1) is 12.7 Å². The Morgan fingerprint density at radius 1 is 1.15 bits per heavy atom. The normalized spacial score (nSPS) is 12.1. The number of nitrogens with one attached hydrogen (secondary N) is 3. The van der Waals surface area contributed by atoms with Crippen molar-refractivity contribution in [3.8, 4) is 11.5 Å². The summed E-state index contributed by atoms with van der Waals surface area (Å²) in [5.41, 5.74) is 7.26. The van der Waals surface area contributed by atoms with E-state index in [1.165, 1.54) is 18.3 Å². The molecule has 0 amide bonds. The van der Waals surface area contributed by atoms with Crippen LogP contribution in [0.3, 0.4) is 0 Å². The lowest BCUT2D eigenvalue weighted by Crippen LogP contribution is -2.20. The number of imidazole rings is 1. The van der Waals surface area contributed by atoms with Gasteiger partial charge in [-0.15, -0.1) is 0 Å². The van der Waals surface area contributed by atoms with Gasteiger partial charge in [0.15, 0.2) is 11.5 Å². The maximum atomic E-state index is 14.7. The number of aliphatic imine (C=N–C) groups is 1. The summed E-state index contributed by atoms with van der Waals surface area (Å²) in [7, 11) is 3.99. The van der Waals surface area contributed by atoms with Crippen LogP contribution in [-0.4, -0.2) is 63.4 Å². The van der Waals surface area contributed by atoms with Gasteiger partial charge in [0.05, 0.1) is 16.9 Å². The van der Waals surface area contributed by atoms with Gasteiger partial charge < -0.3 is 15.2 Å². The fraction of sp³-hybridized carbons (Fsp3) is 0.250. The first-order chi connectivity index (χ1) is 19.8. The minimum atomic E-state index is -0.335. The second kappa shape index (κ2) is 14.7. The van der Waals surface area contributed by atoms with Crippen LogP contribution in [0.4, 0.5) is 10.1 Å². The quantitative estimate of drug-likeness (QED) is 0.137. The molecule has 0 unspecified atom stereocenters. The Labute approximate surface area is 241 Å². The van der Waals surface area contributed by atoms with E-state index >= 15 is 0 Å². The van der Waals surface area contributed by atoms with Crippen molar-refractivity contribution in [2.45, 2.75) is 27.7 Å². The number of pyridine rings is 1. The van der Waals surface area contributed by atoms with Gasteiger partial charge in [-0.2, -0.15) is 5.10 Å². The number of likely N-dealkylation sites (N-methyl/N-ethyl adjacent to an activating group) is 1. The number of nitrogens with zero attached hydrogens (tertiary/aromatic N) is 5. The topological polar surface area (TPSA) is 97.9 Å². The first-order valence-corrected chi connectivity index (χ1v) is 13.6. The van der Waals surface area contributed by atoms with E-state index in [9.17, 15) is 4.39 Å². The summed E-state index contributed by atoms with van der Waals surface area (Å²) in [5.74, 6) is 0.217. The molecule has 8 nitrogen and oxygen atoms in total. The predicted octanol–water partition coefficient (Wildman–Crippen LogP) is 7.03. The zero-order valence-electron chi connectivity index (χ0n) is 24.7. The van der Waals surface area contributed by atoms with Crippen molar-refractivity contribution < 1.29 is 4.39 Å². The lowest BCUT2D eigenvalue weighted by atomic mass is 10.00. The van der Waals surface area contributed by atoms with Crippen LogP contribution in [0.15, 0.2) is 72.9 Å². The average Bonchev–Trinajstić information content (AvgIpc) is 3.55. The van der Waals surface area contributed by atoms with Gasteiger partial charge in [-0.25, -0.2) is 14.4 Å². The predicted molar refractivity (Wildman–Crippen MR) is 171 cm³/mol. The maximum absolute atomic E-state index is 14.7. The van der Waals surface area contributed by atoms with E-state index in [1.54, 1.807) is 12.3 Å². The molecule has 0 atom stereocenters. The third-order valence-corrected chi connectivity index (χ3v) is 6.08. The van der Waals surface area contributed by atoms with Crippen molar-refractivity contribution >= 4 is 34.1 Å². The summed E-state index contributed by atoms with van der Waals surface area (Å²) in [6.07, 6.45) is 8.64. The molecule has 0 aliphatic carbocycles. The van der Waals surface area contributed by atoms with Gasteiger partial charge >= 0.3 is 0 Å². The number of hydrogen-bond donors (Lipinski definition) is 3. The zero-order valence-corrected chi connectivity index (χ0v) is 24.7. The Hall–Kier alpha value is -4.63. The monoisotopic (exact) mass is 554 g/mol. The van der Waals surface area contributed by atoms with Crippen LogP contribution in [0.25, 0.3) is 33.7 Å². The van der Waals surface area contributed by atoms with Gasteiger partial charge in [-0.1, -0.05) is 45.2 Å². The first kappa shape index (κ1) is 30.9. The zero-order chi connectivity index (χ0) is 29.9. The van der Waals surface area contributed by atoms with Crippen molar-refractivity contribution in [2.75, 3.05) is 32.5 Å². The van der Waals surface area contributed by atoms with Crippen molar-refractivity contribution in [1.82, 2.24) is 30.0 Å². The molecule has 3 aromatic heterocycles. The van der Waals surface area contributed by atoms with Crippen molar-refractivity contribution in [3.63, 3.8) is 0 Å². The number of H-pyrrole nitrogens is 2. The fourth-order valence-electron chi connectivity index (χ4n) is 4.18. The van der Waals surface area contributed by atoms with Gasteiger partial charge in [-0.05, 0) is 63.8 Å². The molecule has 0 radical (unpaired) electrons. The number of benzene rings is 1. The molecule has 0 aliphatic rings. The van der Waals surface area contributed by atoms with Crippen LogP contribution >= 0.6 is 0 Å². The molecule has 3 N–H and O–H groups in total. The SMILES string of the molecule is C=C/C=C(/c1cc(F)cc(NCCN(C)C)c1)c1nc(-c2n[nH]c3ccc(/C(C=NC=C)=C/C)nc23)[nH]c1C.CC. The highest BCUT2D eigenvalue weighted by Gasteiger charge is 2.19. The molecule has 0 fully saturated rings. The Morgan fingerprint density at radius 2 is 1.93 bits per heavy atom. The number of aromatic nitrogens is 5. The van der Waals surface area contributed by atoms with E-state index in [-0.39, 0.29) is 5.82 Å². The second-order valence-corrected chi connectivity index (χ2v) is 9.20. The van der Waals surface area contributed by atoms with Gasteiger partial charge in [0.2, 0.25) is 0 Å². The minimum absolute atomic E-state index is 0.335. The molecular formula is C32H39FN8. The standard InChI is InChI=1S/C30H33FN8.C2H6/c1-7-10-24(21-15-22(31)17-23(16-21)33-13-14-39(5)6)27-19(4)34-30(36-27)29-28-26(37-38-29)12-11-25(35-28)20(8-2)18-32-9-3;1-2/h7-12,15-18,33H,1,3,13-14H2,2,4-6H3,(H,34,36)(H,37,38);1-2H3/b20-8+,24-10-,32-18?;. The third kappa shape index (κ3) is 7.52. The van der Waals surface area contributed by atoms with Gasteiger partial charge in [-0.3, -0.25) is 10.1 Å². The second-order valence-electron chi connectivity index (χ2n) is 9.20. The highest BCUT2D eigenvalue weighted by molar-refractivity contribution is 6.09. The van der Waals surface area contributed by atoms with Crippen molar-refractivity contribution in [1.29, 1.82) is 0 Å². The molecular weight excluding hydrogens is 515 g/mol. The number of aryl methyl sites for hydroxylation is 1. The van der Waals surface area contributed by atoms with Gasteiger partial charge in [0, 0.05) is 48.0 Å². The van der Waals surface area contributed by atoms with Crippen LogP contribution in [0.2, 0.25) is 0 Å². The summed E-state index contributed by atoms with van der Waals surface area (Å²) in [4.78, 5) is 19.3. The molecule has 3 heterocycles. The van der Waals surface area contributed by atoms with Crippen LogP contribution in [-0.2, 0) is 0 Å². The number of fused-ring (bicyclic) bond motifs is 1. The number of aromatic amines is 2. The molecule has 0 bridgehead atoms. The van der Waals surface area contributed by atoms with E-state index in [0.717, 1.165) is 34.6 Å². The van der Waals surface area contributed by atoms with E-state index < -0.39 is 0 Å². The maximum Gasteiger partial charge on any atom is 0.161 e. The Kier molecular flexibility index (Phi) is 11.1. The number of halogens is 1.